The average Bonchev–Trinajstić information content (AvgIpc) is 2.93. The Hall–Kier alpha value is -2.45. The van der Waals surface area contributed by atoms with Gasteiger partial charge in [-0.2, -0.15) is 0 Å². The maximum absolute atomic E-state index is 12.2. The zero-order valence-corrected chi connectivity index (χ0v) is 17.8. The Morgan fingerprint density at radius 3 is 2.57 bits per heavy atom. The van der Waals surface area contributed by atoms with E-state index in [1.807, 2.05) is 44.2 Å². The SMILES string of the molecule is CCOC(=O)c1c(NC(=S)NC(=O)CCCOc2ccccc2)sc(C)c1C. The molecule has 0 spiro atoms. The number of nitrogens with one attached hydrogen (secondary N) is 2. The van der Waals surface area contributed by atoms with Crippen molar-refractivity contribution in [1.82, 2.24) is 5.32 Å². The molecule has 1 aromatic carbocycles. The summed E-state index contributed by atoms with van der Waals surface area (Å²) >= 11 is 6.61. The fourth-order valence-electron chi connectivity index (χ4n) is 2.43. The lowest BCUT2D eigenvalue weighted by molar-refractivity contribution is -0.119. The normalized spacial score (nSPS) is 10.2. The van der Waals surface area contributed by atoms with Crippen molar-refractivity contribution in [2.45, 2.75) is 33.6 Å². The number of thiocarbonyl (C=S) groups is 1. The molecule has 2 rings (SSSR count). The molecule has 1 aromatic heterocycles. The lowest BCUT2D eigenvalue weighted by atomic mass is 10.1. The van der Waals surface area contributed by atoms with Crippen LogP contribution in [0.3, 0.4) is 0 Å². The van der Waals surface area contributed by atoms with Gasteiger partial charge >= 0.3 is 5.97 Å². The summed E-state index contributed by atoms with van der Waals surface area (Å²) in [7, 11) is 0. The van der Waals surface area contributed by atoms with E-state index in [4.69, 9.17) is 21.7 Å². The molecular formula is C20H24N2O4S2. The Labute approximate surface area is 174 Å². The van der Waals surface area contributed by atoms with Crippen molar-refractivity contribution in [2.75, 3.05) is 18.5 Å². The molecule has 0 fully saturated rings. The van der Waals surface area contributed by atoms with E-state index in [0.717, 1.165) is 16.2 Å². The second-order valence-electron chi connectivity index (χ2n) is 5.98. The number of rotatable bonds is 8. The second-order valence-corrected chi connectivity index (χ2v) is 7.61. The zero-order valence-electron chi connectivity index (χ0n) is 16.2. The number of hydrogen-bond donors (Lipinski definition) is 2. The van der Waals surface area contributed by atoms with Gasteiger partial charge in [-0.15, -0.1) is 11.3 Å². The Morgan fingerprint density at radius 2 is 1.89 bits per heavy atom. The predicted octanol–water partition coefficient (Wildman–Crippen LogP) is 4.21. The summed E-state index contributed by atoms with van der Waals surface area (Å²) in [6.45, 7) is 6.26. The van der Waals surface area contributed by atoms with E-state index in [1.54, 1.807) is 6.92 Å². The van der Waals surface area contributed by atoms with Gasteiger partial charge in [-0.3, -0.25) is 4.79 Å². The van der Waals surface area contributed by atoms with Crippen LogP contribution in [0.4, 0.5) is 5.00 Å². The van der Waals surface area contributed by atoms with E-state index >= 15 is 0 Å². The van der Waals surface area contributed by atoms with Crippen LogP contribution in [0.15, 0.2) is 30.3 Å². The molecule has 28 heavy (non-hydrogen) atoms. The molecular weight excluding hydrogens is 396 g/mol. The lowest BCUT2D eigenvalue weighted by Gasteiger charge is -2.10. The molecule has 0 bridgehead atoms. The van der Waals surface area contributed by atoms with Crippen molar-refractivity contribution in [3.63, 3.8) is 0 Å². The first kappa shape index (κ1) is 21.8. The molecule has 2 aromatic rings. The van der Waals surface area contributed by atoms with Crippen LogP contribution in [0.1, 0.15) is 40.6 Å². The summed E-state index contributed by atoms with van der Waals surface area (Å²) in [5, 5.41) is 6.31. The number of thiophene rings is 1. The van der Waals surface area contributed by atoms with E-state index in [1.165, 1.54) is 11.3 Å². The quantitative estimate of drug-likeness (QED) is 0.378. The number of carbonyl (C=O) groups excluding carboxylic acids is 2. The minimum atomic E-state index is -0.404. The third kappa shape index (κ3) is 6.31. The van der Waals surface area contributed by atoms with E-state index in [9.17, 15) is 9.59 Å². The molecule has 0 saturated carbocycles. The van der Waals surface area contributed by atoms with Gasteiger partial charge in [0.2, 0.25) is 5.91 Å². The minimum Gasteiger partial charge on any atom is -0.494 e. The number of carbonyl (C=O) groups is 2. The number of amides is 1. The predicted molar refractivity (Wildman–Crippen MR) is 115 cm³/mol. The van der Waals surface area contributed by atoms with Crippen LogP contribution in [0.2, 0.25) is 0 Å². The molecule has 150 valence electrons. The fourth-order valence-corrected chi connectivity index (χ4v) is 3.76. The maximum Gasteiger partial charge on any atom is 0.341 e. The van der Waals surface area contributed by atoms with Crippen LogP contribution in [0.5, 0.6) is 5.75 Å². The standard InChI is InChI=1S/C20H24N2O4S2/c1-4-25-19(24)17-13(2)14(3)28-18(17)22-20(27)21-16(23)11-8-12-26-15-9-6-5-7-10-15/h5-7,9-10H,4,8,11-12H2,1-3H3,(H2,21,22,23,27). The van der Waals surface area contributed by atoms with Crippen molar-refractivity contribution < 1.29 is 19.1 Å². The van der Waals surface area contributed by atoms with Crippen molar-refractivity contribution >= 4 is 45.5 Å². The van der Waals surface area contributed by atoms with Crippen molar-refractivity contribution in [1.29, 1.82) is 0 Å². The smallest absolute Gasteiger partial charge is 0.341 e. The Morgan fingerprint density at radius 1 is 1.18 bits per heavy atom. The van der Waals surface area contributed by atoms with Crippen LogP contribution < -0.4 is 15.4 Å². The van der Waals surface area contributed by atoms with Gasteiger partial charge in [0.05, 0.1) is 18.8 Å². The van der Waals surface area contributed by atoms with Crippen LogP contribution in [-0.4, -0.2) is 30.2 Å². The first-order chi connectivity index (χ1) is 13.4. The van der Waals surface area contributed by atoms with Gasteiger partial charge in [0.15, 0.2) is 5.11 Å². The fraction of sp³-hybridized carbons (Fsp3) is 0.350. The third-order valence-electron chi connectivity index (χ3n) is 3.90. The summed E-state index contributed by atoms with van der Waals surface area (Å²) in [6.07, 6.45) is 0.844. The average molecular weight is 421 g/mol. The van der Waals surface area contributed by atoms with Crippen LogP contribution >= 0.6 is 23.6 Å². The number of anilines is 1. The molecule has 8 heteroatoms. The molecule has 0 unspecified atom stereocenters. The van der Waals surface area contributed by atoms with Crippen LogP contribution in [0, 0.1) is 13.8 Å². The van der Waals surface area contributed by atoms with E-state index in [-0.39, 0.29) is 17.4 Å². The van der Waals surface area contributed by atoms with E-state index in [0.29, 0.717) is 30.2 Å². The highest BCUT2D eigenvalue weighted by Gasteiger charge is 2.21. The molecule has 1 amide bonds. The minimum absolute atomic E-state index is 0.153. The Kier molecular flexibility index (Phi) is 8.41. The van der Waals surface area contributed by atoms with Gasteiger partial charge in [-0.1, -0.05) is 18.2 Å². The van der Waals surface area contributed by atoms with Gasteiger partial charge in [-0.05, 0) is 57.1 Å². The Bertz CT molecular complexity index is 834. The molecule has 1 heterocycles. The number of hydrogen-bond acceptors (Lipinski definition) is 6. The second kappa shape index (κ2) is 10.8. The van der Waals surface area contributed by atoms with Gasteiger partial charge in [0.1, 0.15) is 10.8 Å². The van der Waals surface area contributed by atoms with E-state index < -0.39 is 5.97 Å². The topological polar surface area (TPSA) is 76.7 Å². The van der Waals surface area contributed by atoms with Gasteiger partial charge in [0.25, 0.3) is 0 Å². The molecule has 0 aliphatic carbocycles. The van der Waals surface area contributed by atoms with Crippen LogP contribution in [0.25, 0.3) is 0 Å². The highest BCUT2D eigenvalue weighted by Crippen LogP contribution is 2.33. The summed E-state index contributed by atoms with van der Waals surface area (Å²) in [4.78, 5) is 25.2. The number of benzene rings is 1. The summed E-state index contributed by atoms with van der Waals surface area (Å²) in [5.41, 5.74) is 1.30. The number of para-hydroxylation sites is 1. The van der Waals surface area contributed by atoms with Gasteiger partial charge in [0, 0.05) is 11.3 Å². The highest BCUT2D eigenvalue weighted by molar-refractivity contribution is 7.80. The molecule has 0 radical (unpaired) electrons. The maximum atomic E-state index is 12.2. The number of ether oxygens (including phenoxy) is 2. The first-order valence-electron chi connectivity index (χ1n) is 8.98. The van der Waals surface area contributed by atoms with Crippen molar-refractivity contribution in [2.24, 2.45) is 0 Å². The third-order valence-corrected chi connectivity index (χ3v) is 5.23. The molecule has 0 atom stereocenters. The van der Waals surface area contributed by atoms with Gasteiger partial charge < -0.3 is 20.1 Å². The molecule has 2 N–H and O–H groups in total. The Balaban J connectivity index is 1.82. The number of aryl methyl sites for hydroxylation is 1. The zero-order chi connectivity index (χ0) is 20.5. The monoisotopic (exact) mass is 420 g/mol. The number of esters is 1. The van der Waals surface area contributed by atoms with E-state index in [2.05, 4.69) is 10.6 Å². The molecule has 0 aliphatic rings. The molecule has 6 nitrogen and oxygen atoms in total. The highest BCUT2D eigenvalue weighted by atomic mass is 32.1. The molecule has 0 aliphatic heterocycles. The largest absolute Gasteiger partial charge is 0.494 e. The summed E-state index contributed by atoms with van der Waals surface area (Å²) in [5.74, 6) is 0.158. The summed E-state index contributed by atoms with van der Waals surface area (Å²) in [6, 6.07) is 9.43. The first-order valence-corrected chi connectivity index (χ1v) is 10.2. The van der Waals surface area contributed by atoms with Gasteiger partial charge in [-0.25, -0.2) is 4.79 Å². The molecule has 0 saturated heterocycles. The summed E-state index contributed by atoms with van der Waals surface area (Å²) < 4.78 is 10.7. The lowest BCUT2D eigenvalue weighted by Crippen LogP contribution is -2.34. The van der Waals surface area contributed by atoms with Crippen molar-refractivity contribution in [3.05, 3.63) is 46.3 Å². The van der Waals surface area contributed by atoms with Crippen LogP contribution in [-0.2, 0) is 9.53 Å². The van der Waals surface area contributed by atoms with Crippen molar-refractivity contribution in [3.8, 4) is 5.75 Å².